The van der Waals surface area contributed by atoms with Gasteiger partial charge in [0.05, 0.1) is 11.4 Å². The van der Waals surface area contributed by atoms with Crippen molar-refractivity contribution in [3.63, 3.8) is 0 Å². The summed E-state index contributed by atoms with van der Waals surface area (Å²) in [6.45, 7) is 4.72. The molecule has 0 atom stereocenters. The van der Waals surface area contributed by atoms with Crippen LogP contribution in [0.1, 0.15) is 25.0 Å². The van der Waals surface area contributed by atoms with Gasteiger partial charge in [0.25, 0.3) is 0 Å². The van der Waals surface area contributed by atoms with Crippen molar-refractivity contribution in [1.29, 1.82) is 0 Å². The number of nitrogens with zero attached hydrogens (tertiary/aromatic N) is 2. The van der Waals surface area contributed by atoms with Crippen LogP contribution >= 0.6 is 0 Å². The van der Waals surface area contributed by atoms with E-state index >= 15 is 0 Å². The summed E-state index contributed by atoms with van der Waals surface area (Å²) in [5.41, 5.74) is 18.5. The fourth-order valence-corrected chi connectivity index (χ4v) is 9.64. The number of aromatic nitrogens is 2. The molecular weight excluding hydrogens is 753 g/mol. The maximum atomic E-state index is 6.23. The van der Waals surface area contributed by atoms with E-state index in [0.29, 0.717) is 5.82 Å². The lowest BCUT2D eigenvalue weighted by molar-refractivity contribution is 0.661. The maximum Gasteiger partial charge on any atom is 0.160 e. The average molecular weight is 793 g/mol. The molecule has 0 unspecified atom stereocenters. The molecule has 0 bridgehead atoms. The zero-order chi connectivity index (χ0) is 41.4. The molecule has 3 heteroatoms. The van der Waals surface area contributed by atoms with Gasteiger partial charge < -0.3 is 4.42 Å². The highest BCUT2D eigenvalue weighted by atomic mass is 16.3. The van der Waals surface area contributed by atoms with Crippen LogP contribution in [0.4, 0.5) is 0 Å². The SMILES string of the molecule is CC1(C)c2cc(-c3ccccc3-c3cc(-c4cc(-c5ccccc5)cc(-c5ccc6oc7ccccc7c6c5)c4)nc(-c4ccccc4)n3)ccc2-c2cc3ccccc3cc21. The molecule has 0 saturated carbocycles. The van der Waals surface area contributed by atoms with E-state index in [-0.39, 0.29) is 5.41 Å². The number of para-hydroxylation sites is 1. The fraction of sp³-hybridized carbons (Fsp3) is 0.0508. The smallest absolute Gasteiger partial charge is 0.160 e. The molecule has 1 aliphatic rings. The van der Waals surface area contributed by atoms with Crippen LogP contribution in [0, 0.1) is 0 Å². The van der Waals surface area contributed by atoms with Crippen molar-refractivity contribution >= 4 is 32.7 Å². The van der Waals surface area contributed by atoms with Gasteiger partial charge in [-0.05, 0) is 127 Å². The minimum Gasteiger partial charge on any atom is -0.456 e. The van der Waals surface area contributed by atoms with Crippen LogP contribution in [-0.2, 0) is 5.41 Å². The Morgan fingerprint density at radius 3 is 1.74 bits per heavy atom. The lowest BCUT2D eigenvalue weighted by Gasteiger charge is -2.22. The van der Waals surface area contributed by atoms with Gasteiger partial charge in [0.15, 0.2) is 5.82 Å². The molecular formula is C59H40N2O. The molecule has 0 aliphatic heterocycles. The minimum atomic E-state index is -0.154. The second-order valence-electron chi connectivity index (χ2n) is 17.0. The monoisotopic (exact) mass is 792 g/mol. The molecule has 3 nitrogen and oxygen atoms in total. The molecule has 11 aromatic rings. The highest BCUT2D eigenvalue weighted by Gasteiger charge is 2.36. The Hall–Kier alpha value is -7.88. The predicted octanol–water partition coefficient (Wildman–Crippen LogP) is 15.8. The first-order chi connectivity index (χ1) is 30.4. The number of fused-ring (bicyclic) bond motifs is 7. The lowest BCUT2D eigenvalue weighted by atomic mass is 9.81. The molecule has 9 aromatic carbocycles. The van der Waals surface area contributed by atoms with Crippen LogP contribution in [-0.4, -0.2) is 9.97 Å². The summed E-state index contributed by atoms with van der Waals surface area (Å²) in [5.74, 6) is 0.684. The van der Waals surface area contributed by atoms with Crippen molar-refractivity contribution in [1.82, 2.24) is 9.97 Å². The Bertz CT molecular complexity index is 3540. The third kappa shape index (κ3) is 5.96. The van der Waals surface area contributed by atoms with Gasteiger partial charge in [-0.25, -0.2) is 9.97 Å². The molecule has 1 aliphatic carbocycles. The molecule has 0 spiro atoms. The molecule has 2 heterocycles. The van der Waals surface area contributed by atoms with Gasteiger partial charge in [-0.15, -0.1) is 0 Å². The molecule has 0 radical (unpaired) electrons. The number of hydrogen-bond acceptors (Lipinski definition) is 3. The van der Waals surface area contributed by atoms with Gasteiger partial charge in [0.1, 0.15) is 11.2 Å². The Labute approximate surface area is 360 Å². The Kier molecular flexibility index (Phi) is 8.20. The van der Waals surface area contributed by atoms with Crippen molar-refractivity contribution in [3.05, 3.63) is 217 Å². The second-order valence-corrected chi connectivity index (χ2v) is 17.0. The second kappa shape index (κ2) is 14.1. The van der Waals surface area contributed by atoms with E-state index in [1.54, 1.807) is 0 Å². The number of furan rings is 1. The molecule has 2 aromatic heterocycles. The van der Waals surface area contributed by atoms with Crippen molar-refractivity contribution in [2.24, 2.45) is 0 Å². The summed E-state index contributed by atoms with van der Waals surface area (Å²) in [6.07, 6.45) is 0. The first-order valence-electron chi connectivity index (χ1n) is 21.3. The molecule has 12 rings (SSSR count). The van der Waals surface area contributed by atoms with Gasteiger partial charge in [0.2, 0.25) is 0 Å². The largest absolute Gasteiger partial charge is 0.456 e. The Morgan fingerprint density at radius 1 is 0.339 bits per heavy atom. The zero-order valence-electron chi connectivity index (χ0n) is 34.4. The van der Waals surface area contributed by atoms with Gasteiger partial charge in [0, 0.05) is 32.9 Å². The van der Waals surface area contributed by atoms with Crippen LogP contribution in [0.2, 0.25) is 0 Å². The van der Waals surface area contributed by atoms with Crippen molar-refractivity contribution in [3.8, 4) is 78.4 Å². The maximum absolute atomic E-state index is 6.23. The molecule has 0 saturated heterocycles. The summed E-state index contributed by atoms with van der Waals surface area (Å²) in [5, 5.41) is 4.76. The van der Waals surface area contributed by atoms with Gasteiger partial charge in [-0.1, -0.05) is 159 Å². The number of hydrogen-bond donors (Lipinski definition) is 0. The normalized spacial score (nSPS) is 12.8. The van der Waals surface area contributed by atoms with Crippen molar-refractivity contribution in [2.45, 2.75) is 19.3 Å². The predicted molar refractivity (Wildman–Crippen MR) is 257 cm³/mol. The van der Waals surface area contributed by atoms with Crippen LogP contribution in [0.5, 0.6) is 0 Å². The van der Waals surface area contributed by atoms with Crippen molar-refractivity contribution in [2.75, 3.05) is 0 Å². The summed E-state index contributed by atoms with van der Waals surface area (Å²) >= 11 is 0. The fourth-order valence-electron chi connectivity index (χ4n) is 9.64. The van der Waals surface area contributed by atoms with Crippen molar-refractivity contribution < 1.29 is 4.42 Å². The van der Waals surface area contributed by atoms with Gasteiger partial charge >= 0.3 is 0 Å². The molecule has 292 valence electrons. The minimum absolute atomic E-state index is 0.154. The van der Waals surface area contributed by atoms with E-state index < -0.39 is 0 Å². The van der Waals surface area contributed by atoms with E-state index in [9.17, 15) is 0 Å². The number of benzene rings is 9. The highest BCUT2D eigenvalue weighted by Crippen LogP contribution is 2.51. The topological polar surface area (TPSA) is 38.9 Å². The molecule has 62 heavy (non-hydrogen) atoms. The zero-order valence-corrected chi connectivity index (χ0v) is 34.4. The van der Waals surface area contributed by atoms with Gasteiger partial charge in [-0.2, -0.15) is 0 Å². The first-order valence-corrected chi connectivity index (χ1v) is 21.3. The Morgan fingerprint density at radius 2 is 0.935 bits per heavy atom. The third-order valence-electron chi connectivity index (χ3n) is 12.9. The lowest BCUT2D eigenvalue weighted by Crippen LogP contribution is -2.15. The summed E-state index contributed by atoms with van der Waals surface area (Å²) < 4.78 is 6.23. The van der Waals surface area contributed by atoms with Crippen LogP contribution in [0.3, 0.4) is 0 Å². The summed E-state index contributed by atoms with van der Waals surface area (Å²) in [7, 11) is 0. The van der Waals surface area contributed by atoms with Crippen LogP contribution in [0.15, 0.2) is 211 Å². The summed E-state index contributed by atoms with van der Waals surface area (Å²) in [6, 6.07) is 73.8. The average Bonchev–Trinajstić information content (AvgIpc) is 3.81. The quantitative estimate of drug-likeness (QED) is 0.168. The van der Waals surface area contributed by atoms with E-state index in [4.69, 9.17) is 14.4 Å². The van der Waals surface area contributed by atoms with Gasteiger partial charge in [-0.3, -0.25) is 0 Å². The van der Waals surface area contributed by atoms with E-state index in [0.717, 1.165) is 77.8 Å². The first kappa shape index (κ1) is 36.0. The molecule has 0 fully saturated rings. The highest BCUT2D eigenvalue weighted by molar-refractivity contribution is 6.06. The van der Waals surface area contributed by atoms with E-state index in [1.807, 2.05) is 18.2 Å². The van der Waals surface area contributed by atoms with Crippen LogP contribution in [0.25, 0.3) is 111 Å². The molecule has 0 amide bonds. The molecule has 0 N–H and O–H groups in total. The third-order valence-corrected chi connectivity index (χ3v) is 12.9. The van der Waals surface area contributed by atoms with Crippen LogP contribution < -0.4 is 0 Å². The number of rotatable bonds is 6. The Balaban J connectivity index is 1.03. The van der Waals surface area contributed by atoms with E-state index in [2.05, 4.69) is 202 Å². The summed E-state index contributed by atoms with van der Waals surface area (Å²) in [4.78, 5) is 10.7. The standard InChI is InChI=1S/C59H40N2O/c1-59(2)52-35-42(25-27-47(52)50-32-39-19-9-10-20-40(39)34-53(50)59)46-21-11-12-22-48(46)55-36-54(60-58(61-55)38-17-7-4-8-18-38)45-30-43(37-15-5-3-6-16-37)29-44(31-45)41-26-28-57-51(33-41)49-23-13-14-24-56(49)62-57/h3-36H,1-2H3. The van der Waals surface area contributed by atoms with E-state index in [1.165, 1.54) is 38.6 Å².